The minimum absolute atomic E-state index is 0.0172. The Balaban J connectivity index is 1.80. The molecular formula is C15H21N3O3. The molecule has 1 fully saturated rings. The second kappa shape index (κ2) is 7.61. The van der Waals surface area contributed by atoms with Gasteiger partial charge in [-0.05, 0) is 18.6 Å². The molecule has 0 bridgehead atoms. The fraction of sp³-hybridized carbons (Fsp3) is 0.533. The quantitative estimate of drug-likeness (QED) is 0.793. The summed E-state index contributed by atoms with van der Waals surface area (Å²) < 4.78 is 5.18. The van der Waals surface area contributed by atoms with Gasteiger partial charge in [0.1, 0.15) is 0 Å². The van der Waals surface area contributed by atoms with Crippen molar-refractivity contribution in [2.24, 2.45) is 0 Å². The SMILES string of the molecule is CCCCOC(=O)N1CCN(C(=O)c2ccncc2)CC1. The van der Waals surface area contributed by atoms with E-state index in [0.717, 1.165) is 12.8 Å². The van der Waals surface area contributed by atoms with Crippen molar-refractivity contribution in [1.82, 2.24) is 14.8 Å². The normalized spacial score (nSPS) is 14.9. The van der Waals surface area contributed by atoms with Crippen LogP contribution in [0.15, 0.2) is 24.5 Å². The van der Waals surface area contributed by atoms with Crippen LogP contribution < -0.4 is 0 Å². The minimum Gasteiger partial charge on any atom is -0.449 e. The van der Waals surface area contributed by atoms with E-state index in [2.05, 4.69) is 11.9 Å². The molecule has 0 saturated carbocycles. The maximum atomic E-state index is 12.3. The lowest BCUT2D eigenvalue weighted by Crippen LogP contribution is -2.50. The van der Waals surface area contributed by atoms with E-state index >= 15 is 0 Å². The fourth-order valence-corrected chi connectivity index (χ4v) is 2.16. The first-order chi connectivity index (χ1) is 10.2. The van der Waals surface area contributed by atoms with Gasteiger partial charge in [-0.3, -0.25) is 9.78 Å². The van der Waals surface area contributed by atoms with Crippen LogP contribution in [0.3, 0.4) is 0 Å². The van der Waals surface area contributed by atoms with Crippen molar-refractivity contribution in [1.29, 1.82) is 0 Å². The Morgan fingerprint density at radius 3 is 2.38 bits per heavy atom. The van der Waals surface area contributed by atoms with Crippen LogP contribution in [0.1, 0.15) is 30.1 Å². The number of amides is 2. The summed E-state index contributed by atoms with van der Waals surface area (Å²) in [6.45, 7) is 4.61. The summed E-state index contributed by atoms with van der Waals surface area (Å²) in [7, 11) is 0. The van der Waals surface area contributed by atoms with Gasteiger partial charge in [-0.15, -0.1) is 0 Å². The number of carbonyl (C=O) groups is 2. The van der Waals surface area contributed by atoms with Gasteiger partial charge in [0.25, 0.3) is 5.91 Å². The molecule has 2 amide bonds. The second-order valence-electron chi connectivity index (χ2n) is 4.98. The molecule has 0 spiro atoms. The van der Waals surface area contributed by atoms with Crippen LogP contribution >= 0.6 is 0 Å². The molecule has 1 saturated heterocycles. The highest BCUT2D eigenvalue weighted by atomic mass is 16.6. The van der Waals surface area contributed by atoms with Crippen LogP contribution in [0, 0.1) is 0 Å². The predicted molar refractivity (Wildman–Crippen MR) is 78.0 cm³/mol. The monoisotopic (exact) mass is 291 g/mol. The van der Waals surface area contributed by atoms with Crippen LogP contribution in [0.5, 0.6) is 0 Å². The van der Waals surface area contributed by atoms with Crippen molar-refractivity contribution < 1.29 is 14.3 Å². The number of carbonyl (C=O) groups excluding carboxylic acids is 2. The molecule has 0 N–H and O–H groups in total. The molecule has 0 atom stereocenters. The molecule has 6 heteroatoms. The summed E-state index contributed by atoms with van der Waals surface area (Å²) in [5, 5.41) is 0. The van der Waals surface area contributed by atoms with Crippen molar-refractivity contribution in [3.05, 3.63) is 30.1 Å². The first kappa shape index (κ1) is 15.3. The lowest BCUT2D eigenvalue weighted by molar-refractivity contribution is 0.0557. The maximum Gasteiger partial charge on any atom is 0.409 e. The number of piperazine rings is 1. The molecule has 0 aromatic carbocycles. The minimum atomic E-state index is -0.278. The van der Waals surface area contributed by atoms with Crippen LogP contribution in [0.25, 0.3) is 0 Å². The average Bonchev–Trinajstić information content (AvgIpc) is 2.55. The van der Waals surface area contributed by atoms with Gasteiger partial charge in [0.2, 0.25) is 0 Å². The largest absolute Gasteiger partial charge is 0.449 e. The lowest BCUT2D eigenvalue weighted by Gasteiger charge is -2.34. The summed E-state index contributed by atoms with van der Waals surface area (Å²) in [5.41, 5.74) is 0.629. The first-order valence-electron chi connectivity index (χ1n) is 7.33. The number of ether oxygens (including phenoxy) is 1. The number of pyridine rings is 1. The smallest absolute Gasteiger partial charge is 0.409 e. The zero-order chi connectivity index (χ0) is 15.1. The maximum absolute atomic E-state index is 12.3. The molecule has 6 nitrogen and oxygen atoms in total. The Hall–Kier alpha value is -2.11. The average molecular weight is 291 g/mol. The van der Waals surface area contributed by atoms with Gasteiger partial charge in [-0.2, -0.15) is 0 Å². The number of unbranched alkanes of at least 4 members (excludes halogenated alkanes) is 1. The third-order valence-electron chi connectivity index (χ3n) is 3.48. The van der Waals surface area contributed by atoms with E-state index in [-0.39, 0.29) is 12.0 Å². The molecule has 2 heterocycles. The van der Waals surface area contributed by atoms with Gasteiger partial charge >= 0.3 is 6.09 Å². The molecule has 0 unspecified atom stereocenters. The predicted octanol–water partition coefficient (Wildman–Crippen LogP) is 1.78. The van der Waals surface area contributed by atoms with Crippen molar-refractivity contribution in [3.8, 4) is 0 Å². The molecule has 1 aromatic heterocycles. The van der Waals surface area contributed by atoms with Crippen molar-refractivity contribution in [3.63, 3.8) is 0 Å². The number of rotatable bonds is 4. The highest BCUT2D eigenvalue weighted by Crippen LogP contribution is 2.09. The zero-order valence-electron chi connectivity index (χ0n) is 12.3. The summed E-state index contributed by atoms with van der Waals surface area (Å²) in [4.78, 5) is 31.4. The number of aromatic nitrogens is 1. The Kier molecular flexibility index (Phi) is 5.54. The summed E-state index contributed by atoms with van der Waals surface area (Å²) >= 11 is 0. The Morgan fingerprint density at radius 1 is 1.14 bits per heavy atom. The van der Waals surface area contributed by atoms with Gasteiger partial charge in [-0.25, -0.2) is 4.79 Å². The highest BCUT2D eigenvalue weighted by molar-refractivity contribution is 5.94. The molecule has 21 heavy (non-hydrogen) atoms. The molecular weight excluding hydrogens is 270 g/mol. The van der Waals surface area contributed by atoms with E-state index in [4.69, 9.17) is 4.74 Å². The second-order valence-corrected chi connectivity index (χ2v) is 4.98. The molecule has 0 aliphatic carbocycles. The summed E-state index contributed by atoms with van der Waals surface area (Å²) in [5.74, 6) is -0.0172. The lowest BCUT2D eigenvalue weighted by atomic mass is 10.2. The van der Waals surface area contributed by atoms with E-state index in [1.165, 1.54) is 0 Å². The van der Waals surface area contributed by atoms with Gasteiger partial charge < -0.3 is 14.5 Å². The third-order valence-corrected chi connectivity index (χ3v) is 3.48. The van der Waals surface area contributed by atoms with Crippen LogP contribution in [0.2, 0.25) is 0 Å². The third kappa shape index (κ3) is 4.18. The molecule has 1 aromatic rings. The topological polar surface area (TPSA) is 62.7 Å². The first-order valence-corrected chi connectivity index (χ1v) is 7.33. The Morgan fingerprint density at radius 2 is 1.76 bits per heavy atom. The molecule has 1 aliphatic rings. The molecule has 0 radical (unpaired) electrons. The summed E-state index contributed by atoms with van der Waals surface area (Å²) in [6, 6.07) is 3.40. The molecule has 114 valence electrons. The number of hydrogen-bond acceptors (Lipinski definition) is 4. The molecule has 1 aliphatic heterocycles. The van der Waals surface area contributed by atoms with Gasteiger partial charge in [0.05, 0.1) is 6.61 Å². The van der Waals surface area contributed by atoms with E-state index in [0.29, 0.717) is 38.3 Å². The van der Waals surface area contributed by atoms with Gasteiger partial charge in [-0.1, -0.05) is 13.3 Å². The Bertz CT molecular complexity index is 470. The standard InChI is InChI=1S/C15H21N3O3/c1-2-3-12-21-15(20)18-10-8-17(9-11-18)14(19)13-4-6-16-7-5-13/h4-7H,2-3,8-12H2,1H3. The van der Waals surface area contributed by atoms with E-state index in [1.807, 2.05) is 0 Å². The molecule has 2 rings (SSSR count). The van der Waals surface area contributed by atoms with Crippen molar-refractivity contribution in [2.45, 2.75) is 19.8 Å². The van der Waals surface area contributed by atoms with Crippen molar-refractivity contribution in [2.75, 3.05) is 32.8 Å². The number of hydrogen-bond donors (Lipinski definition) is 0. The van der Waals surface area contributed by atoms with Crippen molar-refractivity contribution >= 4 is 12.0 Å². The highest BCUT2D eigenvalue weighted by Gasteiger charge is 2.25. The van der Waals surface area contributed by atoms with E-state index < -0.39 is 0 Å². The van der Waals surface area contributed by atoms with Crippen LogP contribution in [0.4, 0.5) is 4.79 Å². The number of nitrogens with zero attached hydrogens (tertiary/aromatic N) is 3. The van der Waals surface area contributed by atoms with Crippen LogP contribution in [-0.4, -0.2) is 59.6 Å². The van der Waals surface area contributed by atoms with E-state index in [1.54, 1.807) is 34.3 Å². The van der Waals surface area contributed by atoms with E-state index in [9.17, 15) is 9.59 Å². The zero-order valence-corrected chi connectivity index (χ0v) is 12.3. The Labute approximate surface area is 124 Å². The summed E-state index contributed by atoms with van der Waals surface area (Å²) in [6.07, 6.45) is 4.82. The fourth-order valence-electron chi connectivity index (χ4n) is 2.16. The van der Waals surface area contributed by atoms with Crippen LogP contribution in [-0.2, 0) is 4.74 Å². The van der Waals surface area contributed by atoms with Gasteiger partial charge in [0, 0.05) is 44.1 Å². The van der Waals surface area contributed by atoms with Gasteiger partial charge in [0.15, 0.2) is 0 Å².